The summed E-state index contributed by atoms with van der Waals surface area (Å²) in [6.07, 6.45) is 1.87. The number of hydrogen-bond acceptors (Lipinski definition) is 5. The van der Waals surface area contributed by atoms with Crippen LogP contribution in [0.3, 0.4) is 0 Å². The van der Waals surface area contributed by atoms with Crippen LogP contribution in [-0.4, -0.2) is 68.7 Å². The molecule has 1 aromatic carbocycles. The number of carbonyl (C=O) groups is 2. The molecular formula is C22H28N4O4. The van der Waals surface area contributed by atoms with Gasteiger partial charge in [0, 0.05) is 18.7 Å². The zero-order valence-electron chi connectivity index (χ0n) is 17.5. The van der Waals surface area contributed by atoms with Crippen molar-refractivity contribution in [3.05, 3.63) is 41.6 Å². The number of aromatic nitrogens is 2. The van der Waals surface area contributed by atoms with E-state index < -0.39 is 11.9 Å². The molecule has 1 amide bonds. The first kappa shape index (κ1) is 20.4. The molecular weight excluding hydrogens is 384 g/mol. The van der Waals surface area contributed by atoms with Gasteiger partial charge in [-0.05, 0) is 50.9 Å². The standard InChI is InChI=1S/C22H28N4O4/c1-3-16-6-8-17(9-7-16)18-14-19-20(27)25(13-12-24-10-4-5-11-24)22(2,30-21(28)29)15-26(19)23-18/h6-9,14H,3-5,10-13,15H2,1-2H3,(H,28,29). The summed E-state index contributed by atoms with van der Waals surface area (Å²) in [6, 6.07) is 9.88. The van der Waals surface area contributed by atoms with Crippen LogP contribution in [0.2, 0.25) is 0 Å². The zero-order valence-corrected chi connectivity index (χ0v) is 17.5. The quantitative estimate of drug-likeness (QED) is 0.734. The minimum atomic E-state index is -1.40. The highest BCUT2D eigenvalue weighted by atomic mass is 16.7. The first-order chi connectivity index (χ1) is 14.4. The van der Waals surface area contributed by atoms with E-state index in [1.807, 2.05) is 12.1 Å². The van der Waals surface area contributed by atoms with Crippen molar-refractivity contribution in [3.63, 3.8) is 0 Å². The molecule has 1 unspecified atom stereocenters. The van der Waals surface area contributed by atoms with Crippen LogP contribution in [-0.2, 0) is 17.7 Å². The number of hydrogen-bond donors (Lipinski definition) is 1. The van der Waals surface area contributed by atoms with Crippen LogP contribution in [0.15, 0.2) is 30.3 Å². The molecule has 160 valence electrons. The molecule has 0 spiro atoms. The normalized spacial score (nSPS) is 21.7. The van der Waals surface area contributed by atoms with Gasteiger partial charge < -0.3 is 14.7 Å². The summed E-state index contributed by atoms with van der Waals surface area (Å²) in [5, 5.41) is 13.9. The van der Waals surface area contributed by atoms with E-state index in [1.54, 1.807) is 22.6 Å². The lowest BCUT2D eigenvalue weighted by atomic mass is 10.1. The molecule has 2 aliphatic heterocycles. The first-order valence-electron chi connectivity index (χ1n) is 10.5. The van der Waals surface area contributed by atoms with Crippen molar-refractivity contribution in [3.8, 4) is 11.3 Å². The molecule has 2 aliphatic rings. The second kappa shape index (κ2) is 8.10. The highest BCUT2D eigenvalue weighted by Gasteiger charge is 2.46. The molecule has 1 atom stereocenters. The third-order valence-corrected chi connectivity index (χ3v) is 6.06. The Hall–Kier alpha value is -2.87. The van der Waals surface area contributed by atoms with Crippen molar-refractivity contribution in [1.82, 2.24) is 19.6 Å². The second-order valence-corrected chi connectivity index (χ2v) is 8.17. The van der Waals surface area contributed by atoms with E-state index >= 15 is 0 Å². The second-order valence-electron chi connectivity index (χ2n) is 8.17. The summed E-state index contributed by atoms with van der Waals surface area (Å²) in [7, 11) is 0. The van der Waals surface area contributed by atoms with Gasteiger partial charge in [-0.3, -0.25) is 14.4 Å². The number of fused-ring (bicyclic) bond motifs is 1. The van der Waals surface area contributed by atoms with Gasteiger partial charge in [-0.1, -0.05) is 31.2 Å². The highest BCUT2D eigenvalue weighted by Crippen LogP contribution is 2.31. The molecule has 0 aliphatic carbocycles. The largest absolute Gasteiger partial charge is 0.507 e. The van der Waals surface area contributed by atoms with E-state index in [0.717, 1.165) is 37.9 Å². The number of carboxylic acid groups (broad SMARTS) is 1. The lowest BCUT2D eigenvalue weighted by molar-refractivity contribution is -0.116. The SMILES string of the molecule is CCc1ccc(-c2cc3n(n2)CC(C)(OC(=O)O)N(CCN2CCCC2)C3=O)cc1. The van der Waals surface area contributed by atoms with Crippen LogP contribution in [0.5, 0.6) is 0 Å². The number of rotatable bonds is 6. The van der Waals surface area contributed by atoms with E-state index in [-0.39, 0.29) is 12.5 Å². The molecule has 3 heterocycles. The molecule has 1 saturated heterocycles. The van der Waals surface area contributed by atoms with Gasteiger partial charge in [-0.15, -0.1) is 0 Å². The number of likely N-dealkylation sites (tertiary alicyclic amines) is 1. The highest BCUT2D eigenvalue weighted by molar-refractivity contribution is 5.95. The summed E-state index contributed by atoms with van der Waals surface area (Å²) >= 11 is 0. The maximum absolute atomic E-state index is 13.3. The third kappa shape index (κ3) is 3.92. The Morgan fingerprint density at radius 3 is 2.53 bits per heavy atom. The van der Waals surface area contributed by atoms with Crippen LogP contribution in [0.25, 0.3) is 11.3 Å². The topological polar surface area (TPSA) is 87.9 Å². The summed E-state index contributed by atoms with van der Waals surface area (Å²) < 4.78 is 6.79. The Morgan fingerprint density at radius 2 is 1.90 bits per heavy atom. The third-order valence-electron chi connectivity index (χ3n) is 6.06. The van der Waals surface area contributed by atoms with E-state index in [1.165, 1.54) is 5.56 Å². The number of ether oxygens (including phenoxy) is 1. The van der Waals surface area contributed by atoms with E-state index in [9.17, 15) is 14.7 Å². The van der Waals surface area contributed by atoms with E-state index in [0.29, 0.717) is 24.5 Å². The van der Waals surface area contributed by atoms with Gasteiger partial charge in [0.25, 0.3) is 5.91 Å². The fourth-order valence-corrected chi connectivity index (χ4v) is 4.34. The fourth-order valence-electron chi connectivity index (χ4n) is 4.34. The lowest BCUT2D eigenvalue weighted by Crippen LogP contribution is -2.60. The molecule has 30 heavy (non-hydrogen) atoms. The average Bonchev–Trinajstić information content (AvgIpc) is 3.37. The summed E-state index contributed by atoms with van der Waals surface area (Å²) in [4.78, 5) is 28.6. The van der Waals surface area contributed by atoms with Gasteiger partial charge in [-0.2, -0.15) is 5.10 Å². The fraction of sp³-hybridized carbons (Fsp3) is 0.500. The molecule has 4 rings (SSSR count). The Kier molecular flexibility index (Phi) is 5.51. The maximum Gasteiger partial charge on any atom is 0.507 e. The molecule has 8 nitrogen and oxygen atoms in total. The maximum atomic E-state index is 13.3. The molecule has 2 aromatic rings. The number of benzene rings is 1. The number of aryl methyl sites for hydroxylation is 1. The van der Waals surface area contributed by atoms with E-state index in [4.69, 9.17) is 4.74 Å². The monoisotopic (exact) mass is 412 g/mol. The molecule has 1 aromatic heterocycles. The van der Waals surface area contributed by atoms with Gasteiger partial charge in [0.05, 0.1) is 5.69 Å². The van der Waals surface area contributed by atoms with Crippen molar-refractivity contribution in [1.29, 1.82) is 0 Å². The molecule has 0 bridgehead atoms. The van der Waals surface area contributed by atoms with Crippen molar-refractivity contribution >= 4 is 12.1 Å². The van der Waals surface area contributed by atoms with Crippen molar-refractivity contribution in [2.45, 2.75) is 45.4 Å². The number of nitrogens with zero attached hydrogens (tertiary/aromatic N) is 4. The smallest absolute Gasteiger partial charge is 0.450 e. The average molecular weight is 412 g/mol. The Morgan fingerprint density at radius 1 is 1.20 bits per heavy atom. The Balaban J connectivity index is 1.63. The van der Waals surface area contributed by atoms with Crippen LogP contribution >= 0.6 is 0 Å². The number of carbonyl (C=O) groups excluding carboxylic acids is 1. The van der Waals surface area contributed by atoms with Gasteiger partial charge in [0.15, 0.2) is 0 Å². The minimum absolute atomic E-state index is 0.160. The number of amides is 1. The van der Waals surface area contributed by atoms with Crippen LogP contribution in [0.4, 0.5) is 4.79 Å². The van der Waals surface area contributed by atoms with Crippen molar-refractivity contribution < 1.29 is 19.4 Å². The Labute approximate surface area is 176 Å². The molecule has 0 saturated carbocycles. The van der Waals surface area contributed by atoms with Gasteiger partial charge in [0.1, 0.15) is 12.2 Å². The lowest BCUT2D eigenvalue weighted by Gasteiger charge is -2.43. The van der Waals surface area contributed by atoms with Crippen molar-refractivity contribution in [2.75, 3.05) is 26.2 Å². The van der Waals surface area contributed by atoms with Gasteiger partial charge >= 0.3 is 6.16 Å². The van der Waals surface area contributed by atoms with E-state index in [2.05, 4.69) is 29.1 Å². The summed E-state index contributed by atoms with van der Waals surface area (Å²) in [6.45, 7) is 7.03. The van der Waals surface area contributed by atoms with Crippen LogP contribution < -0.4 is 0 Å². The predicted octanol–water partition coefficient (Wildman–Crippen LogP) is 3.07. The molecule has 8 heteroatoms. The molecule has 1 N–H and O–H groups in total. The Bertz CT molecular complexity index is 933. The first-order valence-corrected chi connectivity index (χ1v) is 10.5. The van der Waals surface area contributed by atoms with Crippen molar-refractivity contribution in [2.24, 2.45) is 0 Å². The van der Waals surface area contributed by atoms with Crippen LogP contribution in [0, 0.1) is 0 Å². The minimum Gasteiger partial charge on any atom is -0.450 e. The van der Waals surface area contributed by atoms with Gasteiger partial charge in [-0.25, -0.2) is 4.79 Å². The van der Waals surface area contributed by atoms with Crippen LogP contribution in [0.1, 0.15) is 42.7 Å². The van der Waals surface area contributed by atoms with Gasteiger partial charge in [0.2, 0.25) is 5.72 Å². The summed E-state index contributed by atoms with van der Waals surface area (Å²) in [5.41, 5.74) is 2.00. The zero-order chi connectivity index (χ0) is 21.3. The predicted molar refractivity (Wildman–Crippen MR) is 111 cm³/mol. The molecule has 1 fully saturated rings. The molecule has 0 radical (unpaired) electrons. The summed E-state index contributed by atoms with van der Waals surface area (Å²) in [5.74, 6) is -0.256.